The molecule has 94 valence electrons. The minimum absolute atomic E-state index is 0.183. The second-order valence-electron chi connectivity index (χ2n) is 4.18. The molecule has 0 saturated carbocycles. The fourth-order valence-corrected chi connectivity index (χ4v) is 1.60. The maximum absolute atomic E-state index is 11.0. The van der Waals surface area contributed by atoms with E-state index in [9.17, 15) is 9.59 Å². The molecule has 17 heavy (non-hydrogen) atoms. The number of nitrogens with zero attached hydrogens (tertiary/aromatic N) is 2. The van der Waals surface area contributed by atoms with Crippen LogP contribution in [-0.2, 0) is 16.1 Å². The lowest BCUT2D eigenvalue weighted by atomic mass is 10.2. The second-order valence-corrected chi connectivity index (χ2v) is 4.18. The normalized spacial score (nSPS) is 12.5. The minimum atomic E-state index is -1.05. The van der Waals surface area contributed by atoms with E-state index in [0.29, 0.717) is 0 Å². The standard InChI is InChI=1S/C11H17N3O3/c1-7(2)10-12-4-5-14(10)6-9(11(16)17)13-8(3)15/h4-5,7,9H,6H2,1-3H3,(H,13,15)(H,16,17). The molecule has 0 aliphatic rings. The maximum Gasteiger partial charge on any atom is 0.328 e. The fourth-order valence-electron chi connectivity index (χ4n) is 1.60. The third-order valence-corrected chi connectivity index (χ3v) is 2.32. The van der Waals surface area contributed by atoms with E-state index in [2.05, 4.69) is 10.3 Å². The number of aliphatic carboxylic acids is 1. The summed E-state index contributed by atoms with van der Waals surface area (Å²) >= 11 is 0. The van der Waals surface area contributed by atoms with Crippen molar-refractivity contribution < 1.29 is 14.7 Å². The van der Waals surface area contributed by atoms with Gasteiger partial charge in [0.15, 0.2) is 0 Å². The van der Waals surface area contributed by atoms with E-state index in [1.807, 2.05) is 13.8 Å². The molecule has 1 aromatic rings. The van der Waals surface area contributed by atoms with Gasteiger partial charge in [-0.05, 0) is 0 Å². The smallest absolute Gasteiger partial charge is 0.328 e. The van der Waals surface area contributed by atoms with Crippen LogP contribution < -0.4 is 5.32 Å². The number of carbonyl (C=O) groups excluding carboxylic acids is 1. The Morgan fingerprint density at radius 2 is 2.18 bits per heavy atom. The molecule has 0 spiro atoms. The predicted molar refractivity (Wildman–Crippen MR) is 61.6 cm³/mol. The Bertz CT molecular complexity index is 412. The van der Waals surface area contributed by atoms with Crippen molar-refractivity contribution in [1.29, 1.82) is 0 Å². The molecule has 1 rings (SSSR count). The van der Waals surface area contributed by atoms with Crippen LogP contribution in [0.25, 0.3) is 0 Å². The number of hydrogen-bond donors (Lipinski definition) is 2. The number of rotatable bonds is 5. The van der Waals surface area contributed by atoms with E-state index in [1.54, 1.807) is 17.0 Å². The van der Waals surface area contributed by atoms with Crippen LogP contribution in [0.4, 0.5) is 0 Å². The van der Waals surface area contributed by atoms with Crippen molar-refractivity contribution in [3.8, 4) is 0 Å². The van der Waals surface area contributed by atoms with E-state index in [4.69, 9.17) is 5.11 Å². The number of carboxylic acids is 1. The summed E-state index contributed by atoms with van der Waals surface area (Å²) in [6, 6.07) is -0.931. The quantitative estimate of drug-likeness (QED) is 0.787. The van der Waals surface area contributed by atoms with Crippen molar-refractivity contribution in [2.24, 2.45) is 0 Å². The molecule has 2 N–H and O–H groups in total. The molecule has 0 bridgehead atoms. The van der Waals surface area contributed by atoms with Gasteiger partial charge in [0.05, 0.1) is 6.54 Å². The predicted octanol–water partition coefficient (Wildman–Crippen LogP) is 0.596. The topological polar surface area (TPSA) is 84.2 Å². The van der Waals surface area contributed by atoms with E-state index >= 15 is 0 Å². The highest BCUT2D eigenvalue weighted by Gasteiger charge is 2.20. The number of carboxylic acid groups (broad SMARTS) is 1. The Morgan fingerprint density at radius 1 is 1.53 bits per heavy atom. The zero-order valence-electron chi connectivity index (χ0n) is 10.2. The molecular formula is C11H17N3O3. The van der Waals surface area contributed by atoms with Crippen molar-refractivity contribution in [1.82, 2.24) is 14.9 Å². The van der Waals surface area contributed by atoms with Crippen molar-refractivity contribution in [2.75, 3.05) is 0 Å². The van der Waals surface area contributed by atoms with Crippen LogP contribution in [0.2, 0.25) is 0 Å². The van der Waals surface area contributed by atoms with Gasteiger partial charge < -0.3 is 15.0 Å². The van der Waals surface area contributed by atoms with E-state index in [-0.39, 0.29) is 18.4 Å². The summed E-state index contributed by atoms with van der Waals surface area (Å²) < 4.78 is 1.75. The molecule has 1 atom stereocenters. The molecule has 0 radical (unpaired) electrons. The number of carbonyl (C=O) groups is 2. The van der Waals surface area contributed by atoms with Gasteiger partial charge in [0.25, 0.3) is 0 Å². The SMILES string of the molecule is CC(=O)NC(Cn1ccnc1C(C)C)C(=O)O. The Kier molecular flexibility index (Phi) is 4.25. The number of nitrogens with one attached hydrogen (secondary N) is 1. The lowest BCUT2D eigenvalue weighted by molar-refractivity contribution is -0.141. The first-order valence-electron chi connectivity index (χ1n) is 5.42. The Balaban J connectivity index is 2.82. The summed E-state index contributed by atoms with van der Waals surface area (Å²) in [5, 5.41) is 11.4. The second kappa shape index (κ2) is 5.47. The highest BCUT2D eigenvalue weighted by molar-refractivity contribution is 5.81. The van der Waals surface area contributed by atoms with Gasteiger partial charge in [0, 0.05) is 25.2 Å². The fraction of sp³-hybridized carbons (Fsp3) is 0.545. The summed E-state index contributed by atoms with van der Waals surface area (Å²) in [6.07, 6.45) is 3.34. The van der Waals surface area contributed by atoms with Crippen LogP contribution in [0.5, 0.6) is 0 Å². The van der Waals surface area contributed by atoms with E-state index < -0.39 is 12.0 Å². The van der Waals surface area contributed by atoms with Crippen LogP contribution >= 0.6 is 0 Å². The van der Waals surface area contributed by atoms with Crippen LogP contribution in [0, 0.1) is 0 Å². The average Bonchev–Trinajstić information content (AvgIpc) is 2.63. The van der Waals surface area contributed by atoms with Gasteiger partial charge in [-0.3, -0.25) is 4.79 Å². The van der Waals surface area contributed by atoms with Gasteiger partial charge in [-0.1, -0.05) is 13.8 Å². The largest absolute Gasteiger partial charge is 0.480 e. The molecule has 0 aromatic carbocycles. The third-order valence-electron chi connectivity index (χ3n) is 2.32. The maximum atomic E-state index is 11.0. The van der Waals surface area contributed by atoms with Crippen LogP contribution in [0.15, 0.2) is 12.4 Å². The lowest BCUT2D eigenvalue weighted by Crippen LogP contribution is -2.42. The molecule has 0 aliphatic heterocycles. The molecule has 1 amide bonds. The molecular weight excluding hydrogens is 222 g/mol. The van der Waals surface area contributed by atoms with Crippen molar-refractivity contribution in [3.05, 3.63) is 18.2 Å². The van der Waals surface area contributed by atoms with Gasteiger partial charge in [-0.25, -0.2) is 9.78 Å². The molecule has 1 unspecified atom stereocenters. The lowest BCUT2D eigenvalue weighted by Gasteiger charge is -2.16. The molecule has 0 aliphatic carbocycles. The Labute approximate surface area is 99.7 Å². The van der Waals surface area contributed by atoms with Gasteiger partial charge >= 0.3 is 5.97 Å². The zero-order chi connectivity index (χ0) is 13.0. The summed E-state index contributed by atoms with van der Waals surface area (Å²) in [5.74, 6) is -0.398. The van der Waals surface area contributed by atoms with Crippen LogP contribution in [0.1, 0.15) is 32.5 Å². The van der Waals surface area contributed by atoms with Crippen molar-refractivity contribution in [3.63, 3.8) is 0 Å². The first kappa shape index (κ1) is 13.2. The first-order valence-corrected chi connectivity index (χ1v) is 5.42. The van der Waals surface area contributed by atoms with Gasteiger partial charge in [-0.2, -0.15) is 0 Å². The molecule has 1 heterocycles. The highest BCUT2D eigenvalue weighted by Crippen LogP contribution is 2.12. The highest BCUT2D eigenvalue weighted by atomic mass is 16.4. The minimum Gasteiger partial charge on any atom is -0.480 e. The van der Waals surface area contributed by atoms with Crippen LogP contribution in [-0.4, -0.2) is 32.6 Å². The van der Waals surface area contributed by atoms with Gasteiger partial charge in [0.1, 0.15) is 11.9 Å². The Morgan fingerprint density at radius 3 is 2.65 bits per heavy atom. The monoisotopic (exact) mass is 239 g/mol. The van der Waals surface area contributed by atoms with Crippen LogP contribution in [0.3, 0.4) is 0 Å². The number of imidazole rings is 1. The number of hydrogen-bond acceptors (Lipinski definition) is 3. The molecule has 0 saturated heterocycles. The summed E-state index contributed by atoms with van der Waals surface area (Å²) in [6.45, 7) is 5.44. The molecule has 6 nitrogen and oxygen atoms in total. The summed E-state index contributed by atoms with van der Waals surface area (Å²) in [5.41, 5.74) is 0. The molecule has 6 heteroatoms. The summed E-state index contributed by atoms with van der Waals surface area (Å²) in [4.78, 5) is 26.1. The Hall–Kier alpha value is -1.85. The average molecular weight is 239 g/mol. The van der Waals surface area contributed by atoms with Gasteiger partial charge in [-0.15, -0.1) is 0 Å². The number of aromatic nitrogens is 2. The van der Waals surface area contributed by atoms with Gasteiger partial charge in [0.2, 0.25) is 5.91 Å². The summed E-state index contributed by atoms with van der Waals surface area (Å²) in [7, 11) is 0. The molecule has 1 aromatic heterocycles. The number of amides is 1. The first-order chi connectivity index (χ1) is 7.91. The molecule has 0 fully saturated rings. The zero-order valence-corrected chi connectivity index (χ0v) is 10.2. The third kappa shape index (κ3) is 3.58. The van der Waals surface area contributed by atoms with E-state index in [0.717, 1.165) is 5.82 Å². The van der Waals surface area contributed by atoms with E-state index in [1.165, 1.54) is 6.92 Å². The van der Waals surface area contributed by atoms with Crippen molar-refractivity contribution in [2.45, 2.75) is 39.3 Å². The van der Waals surface area contributed by atoms with Crippen molar-refractivity contribution >= 4 is 11.9 Å².